The fourth-order valence-electron chi connectivity index (χ4n) is 3.23. The predicted octanol–water partition coefficient (Wildman–Crippen LogP) is 4.48. The molecule has 4 rings (SSSR count). The second-order valence-corrected chi connectivity index (χ2v) is 7.84. The molecule has 0 aliphatic heterocycles. The first-order valence-corrected chi connectivity index (χ1v) is 10.8. The largest absolute Gasteiger partial charge is 0.436 e. The van der Waals surface area contributed by atoms with Crippen LogP contribution in [0.4, 0.5) is 10.1 Å². The number of halogens is 2. The van der Waals surface area contributed by atoms with Crippen molar-refractivity contribution in [2.24, 2.45) is 0 Å². The van der Waals surface area contributed by atoms with E-state index in [0.717, 1.165) is 0 Å². The Bertz CT molecular complexity index is 1450. The molecule has 0 saturated heterocycles. The number of hydrogen-bond donors (Lipinski definition) is 1. The lowest BCUT2D eigenvalue weighted by Gasteiger charge is -2.10. The molecule has 0 atom stereocenters. The van der Waals surface area contributed by atoms with Crippen LogP contribution in [0.1, 0.15) is 16.1 Å². The van der Waals surface area contributed by atoms with Crippen molar-refractivity contribution in [2.75, 3.05) is 5.73 Å². The average Bonchev–Trinajstić information content (AvgIpc) is 2.85. The van der Waals surface area contributed by atoms with Gasteiger partial charge in [-0.15, -0.1) is 11.7 Å². The molecule has 2 aromatic carbocycles. The summed E-state index contributed by atoms with van der Waals surface area (Å²) in [6.45, 7) is 3.94. The molecule has 0 saturated carbocycles. The molecule has 176 valence electrons. The number of benzene rings is 2. The van der Waals surface area contributed by atoms with Gasteiger partial charge in [-0.2, -0.15) is 10.2 Å². The van der Waals surface area contributed by atoms with Crippen molar-refractivity contribution in [2.45, 2.75) is 13.0 Å². The number of nitrogens with two attached hydrogens (primary N) is 1. The van der Waals surface area contributed by atoms with E-state index in [1.165, 1.54) is 41.2 Å². The third-order valence-electron chi connectivity index (χ3n) is 4.95. The van der Waals surface area contributed by atoms with Crippen LogP contribution in [0, 0.1) is 5.82 Å². The zero-order chi connectivity index (χ0) is 24.9. The van der Waals surface area contributed by atoms with E-state index >= 15 is 0 Å². The monoisotopic (exact) mass is 491 g/mol. The Morgan fingerprint density at radius 2 is 1.91 bits per heavy atom. The molecule has 2 N–H and O–H groups in total. The number of Topliss-reactive ketones (excluding diaryl/α,β-unsaturated/α-hetero) is 1. The number of nitrogens with zero attached hydrogens (tertiary/aromatic N) is 4. The molecule has 8 nitrogen and oxygen atoms in total. The normalized spacial score (nSPS) is 10.7. The number of carbonyl (C=O) groups excluding carboxylic acids is 1. The highest BCUT2D eigenvalue weighted by Crippen LogP contribution is 2.32. The number of ether oxygens (including phenoxy) is 1. The highest BCUT2D eigenvalue weighted by atomic mass is 35.5. The number of aromatic nitrogens is 4. The van der Waals surface area contributed by atoms with Gasteiger partial charge in [0, 0.05) is 17.8 Å². The van der Waals surface area contributed by atoms with Crippen molar-refractivity contribution >= 4 is 23.1 Å². The van der Waals surface area contributed by atoms with Crippen LogP contribution in [-0.2, 0) is 13.0 Å². The predicted molar refractivity (Wildman–Crippen MR) is 130 cm³/mol. The molecule has 2 heterocycles. The lowest BCUT2D eigenvalue weighted by Crippen LogP contribution is -2.24. The standard InChI is InChI=1S/C25H19ClFN5O3/c1-2-12-32-14-18(25(34)24(31-32)15-6-8-16(27)9-7-15)20(33)13-17-10-11-22(30-29-17)35-21-5-3-4-19(28)23(21)26/h2-11,14H,1,12-13,28H2. The molecule has 10 heteroatoms. The molecule has 0 aliphatic carbocycles. The van der Waals surface area contributed by atoms with Gasteiger partial charge in [-0.1, -0.05) is 23.7 Å². The summed E-state index contributed by atoms with van der Waals surface area (Å²) in [6, 6.07) is 13.4. The SMILES string of the molecule is C=CCn1cc(C(=O)Cc2ccc(Oc3cccc(N)c3Cl)nn2)c(=O)c(-c2ccc(F)cc2)n1. The maximum Gasteiger partial charge on any atom is 0.238 e. The average molecular weight is 492 g/mol. The number of anilines is 1. The summed E-state index contributed by atoms with van der Waals surface area (Å²) >= 11 is 6.12. The van der Waals surface area contributed by atoms with Gasteiger partial charge in [-0.25, -0.2) is 4.39 Å². The quantitative estimate of drug-likeness (QED) is 0.219. The Labute approximate surface area is 204 Å². The van der Waals surface area contributed by atoms with Crippen LogP contribution in [0.2, 0.25) is 5.02 Å². The molecule has 2 aromatic heterocycles. The van der Waals surface area contributed by atoms with Gasteiger partial charge in [0.15, 0.2) is 5.78 Å². The molecule has 35 heavy (non-hydrogen) atoms. The Balaban J connectivity index is 1.58. The number of allylic oxidation sites excluding steroid dienone is 1. The Morgan fingerprint density at radius 1 is 1.14 bits per heavy atom. The van der Waals surface area contributed by atoms with Crippen LogP contribution in [0.3, 0.4) is 0 Å². The second-order valence-electron chi connectivity index (χ2n) is 7.46. The van der Waals surface area contributed by atoms with E-state index in [1.54, 1.807) is 30.3 Å². The van der Waals surface area contributed by atoms with Gasteiger partial charge in [0.1, 0.15) is 22.3 Å². The lowest BCUT2D eigenvalue weighted by molar-refractivity contribution is 0.0989. The van der Waals surface area contributed by atoms with Gasteiger partial charge in [0.2, 0.25) is 11.3 Å². The van der Waals surface area contributed by atoms with Gasteiger partial charge in [-0.3, -0.25) is 14.3 Å². The fourth-order valence-corrected chi connectivity index (χ4v) is 3.40. The molecule has 0 spiro atoms. The van der Waals surface area contributed by atoms with Crippen LogP contribution in [0.15, 0.2) is 78.2 Å². The number of carbonyl (C=O) groups is 1. The van der Waals surface area contributed by atoms with Crippen LogP contribution in [-0.4, -0.2) is 25.8 Å². The van der Waals surface area contributed by atoms with Crippen molar-refractivity contribution in [1.82, 2.24) is 20.0 Å². The molecular formula is C25H19ClFN5O3. The third kappa shape index (κ3) is 5.42. The van der Waals surface area contributed by atoms with Crippen molar-refractivity contribution in [3.8, 4) is 22.9 Å². The molecule has 0 fully saturated rings. The summed E-state index contributed by atoms with van der Waals surface area (Å²) in [4.78, 5) is 26.1. The van der Waals surface area contributed by atoms with Gasteiger partial charge >= 0.3 is 0 Å². The minimum atomic E-state index is -0.564. The Kier molecular flexibility index (Phi) is 6.98. The van der Waals surface area contributed by atoms with E-state index in [-0.39, 0.29) is 35.1 Å². The molecule has 0 unspecified atom stereocenters. The van der Waals surface area contributed by atoms with E-state index in [4.69, 9.17) is 22.1 Å². The van der Waals surface area contributed by atoms with Crippen LogP contribution >= 0.6 is 11.6 Å². The molecule has 0 radical (unpaired) electrons. The zero-order valence-corrected chi connectivity index (χ0v) is 19.1. The maximum absolute atomic E-state index is 13.3. The maximum atomic E-state index is 13.3. The first-order chi connectivity index (χ1) is 16.9. The Hall–Kier alpha value is -4.37. The van der Waals surface area contributed by atoms with Crippen molar-refractivity contribution in [1.29, 1.82) is 0 Å². The smallest absolute Gasteiger partial charge is 0.238 e. The van der Waals surface area contributed by atoms with Gasteiger partial charge in [-0.05, 0) is 42.5 Å². The summed E-state index contributed by atoms with van der Waals surface area (Å²) in [5, 5.41) is 12.5. The molecule has 0 amide bonds. The van der Waals surface area contributed by atoms with Crippen molar-refractivity contribution in [3.05, 3.63) is 106 Å². The number of hydrogen-bond acceptors (Lipinski definition) is 7. The lowest BCUT2D eigenvalue weighted by atomic mass is 10.0. The number of nitrogen functional groups attached to an aromatic ring is 1. The van der Waals surface area contributed by atoms with Crippen LogP contribution < -0.4 is 15.9 Å². The molecular weight excluding hydrogens is 473 g/mol. The molecule has 0 aliphatic rings. The van der Waals surface area contributed by atoms with E-state index in [1.807, 2.05) is 0 Å². The third-order valence-corrected chi connectivity index (χ3v) is 5.35. The summed E-state index contributed by atoms with van der Waals surface area (Å²) in [7, 11) is 0. The van der Waals surface area contributed by atoms with Gasteiger partial charge in [0.05, 0.1) is 29.9 Å². The van der Waals surface area contributed by atoms with Crippen LogP contribution in [0.25, 0.3) is 11.3 Å². The fraction of sp³-hybridized carbons (Fsp3) is 0.0800. The summed E-state index contributed by atoms with van der Waals surface area (Å²) in [5.41, 5.74) is 6.24. The van der Waals surface area contributed by atoms with E-state index in [9.17, 15) is 14.0 Å². The van der Waals surface area contributed by atoms with Crippen LogP contribution in [0.5, 0.6) is 11.6 Å². The summed E-state index contributed by atoms with van der Waals surface area (Å²) in [5.74, 6) is -0.445. The van der Waals surface area contributed by atoms with E-state index in [2.05, 4.69) is 21.9 Å². The first kappa shape index (κ1) is 23.8. The Morgan fingerprint density at radius 3 is 2.60 bits per heavy atom. The minimum absolute atomic E-state index is 0.0338. The molecule has 4 aromatic rings. The molecule has 0 bridgehead atoms. The highest BCUT2D eigenvalue weighted by Gasteiger charge is 2.19. The number of rotatable bonds is 8. The zero-order valence-electron chi connectivity index (χ0n) is 18.3. The van der Waals surface area contributed by atoms with Crippen molar-refractivity contribution in [3.63, 3.8) is 0 Å². The minimum Gasteiger partial charge on any atom is -0.436 e. The van der Waals surface area contributed by atoms with E-state index < -0.39 is 17.0 Å². The second kappa shape index (κ2) is 10.3. The topological polar surface area (TPSA) is 113 Å². The first-order valence-electron chi connectivity index (χ1n) is 10.4. The number of ketones is 1. The van der Waals surface area contributed by atoms with Crippen molar-refractivity contribution < 1.29 is 13.9 Å². The summed E-state index contributed by atoms with van der Waals surface area (Å²) < 4.78 is 20.4. The van der Waals surface area contributed by atoms with Gasteiger partial charge < -0.3 is 10.5 Å². The summed E-state index contributed by atoms with van der Waals surface area (Å²) in [6.07, 6.45) is 2.77. The highest BCUT2D eigenvalue weighted by molar-refractivity contribution is 6.34. The van der Waals surface area contributed by atoms with Gasteiger partial charge in [0.25, 0.3) is 0 Å². The van der Waals surface area contributed by atoms with E-state index in [0.29, 0.717) is 22.7 Å².